The van der Waals surface area contributed by atoms with Gasteiger partial charge in [-0.15, -0.1) is 0 Å². The van der Waals surface area contributed by atoms with Crippen LogP contribution in [0.25, 0.3) is 0 Å². The first kappa shape index (κ1) is 16.7. The van der Waals surface area contributed by atoms with Gasteiger partial charge in [0.25, 0.3) is 0 Å². The Balaban J connectivity index is 2.13. The van der Waals surface area contributed by atoms with E-state index in [1.807, 2.05) is 31.2 Å². The van der Waals surface area contributed by atoms with Crippen molar-refractivity contribution in [1.29, 1.82) is 0 Å². The average molecular weight is 353 g/mol. The van der Waals surface area contributed by atoms with Gasteiger partial charge in [-0.2, -0.15) is 0 Å². The van der Waals surface area contributed by atoms with Gasteiger partial charge in [0.05, 0.1) is 0 Å². The molecule has 0 N–H and O–H groups in total. The van der Waals surface area contributed by atoms with Crippen molar-refractivity contribution in [1.82, 2.24) is 0 Å². The molecule has 0 amide bonds. The maximum absolute atomic E-state index is 12.9. The predicted molar refractivity (Wildman–Crippen MR) is 89.5 cm³/mol. The highest BCUT2D eigenvalue weighted by Crippen LogP contribution is 2.43. The zero-order chi connectivity index (χ0) is 15.5. The highest BCUT2D eigenvalue weighted by molar-refractivity contribution is 9.10. The van der Waals surface area contributed by atoms with E-state index in [0.29, 0.717) is 18.4 Å². The number of ketones is 1. The first-order valence-corrected chi connectivity index (χ1v) is 8.58. The molecule has 0 heterocycles. The van der Waals surface area contributed by atoms with Crippen LogP contribution in [-0.2, 0) is 16.0 Å². The zero-order valence-electron chi connectivity index (χ0n) is 13.2. The van der Waals surface area contributed by atoms with Gasteiger partial charge in [0, 0.05) is 17.5 Å². The fourth-order valence-corrected chi connectivity index (χ4v) is 3.55. The lowest BCUT2D eigenvalue weighted by Crippen LogP contribution is -2.47. The van der Waals surface area contributed by atoms with Crippen LogP contribution in [0, 0.1) is 5.41 Å². The van der Waals surface area contributed by atoms with Gasteiger partial charge in [0.15, 0.2) is 5.78 Å². The van der Waals surface area contributed by atoms with Gasteiger partial charge >= 0.3 is 0 Å². The number of halogens is 1. The van der Waals surface area contributed by atoms with E-state index < -0.39 is 5.60 Å². The second-order valence-electron chi connectivity index (χ2n) is 6.82. The average Bonchev–Trinajstić information content (AvgIpc) is 2.41. The molecule has 21 heavy (non-hydrogen) atoms. The molecular weight excluding hydrogens is 328 g/mol. The Morgan fingerprint density at radius 1 is 1.24 bits per heavy atom. The summed E-state index contributed by atoms with van der Waals surface area (Å²) >= 11 is 3.46. The van der Waals surface area contributed by atoms with Crippen LogP contribution in [-0.4, -0.2) is 18.0 Å². The van der Waals surface area contributed by atoms with Crippen LogP contribution in [0.1, 0.15) is 52.0 Å². The zero-order valence-corrected chi connectivity index (χ0v) is 14.8. The molecule has 0 bridgehead atoms. The van der Waals surface area contributed by atoms with Crippen LogP contribution in [0.2, 0.25) is 0 Å². The fraction of sp³-hybridized carbons (Fsp3) is 0.611. The summed E-state index contributed by atoms with van der Waals surface area (Å²) in [6.45, 7) is 7.14. The summed E-state index contributed by atoms with van der Waals surface area (Å²) in [7, 11) is 0. The number of hydrogen-bond donors (Lipinski definition) is 0. The van der Waals surface area contributed by atoms with Crippen LogP contribution >= 0.6 is 15.9 Å². The molecule has 3 heteroatoms. The van der Waals surface area contributed by atoms with Crippen LogP contribution in [0.15, 0.2) is 28.7 Å². The minimum Gasteiger partial charge on any atom is -0.367 e. The summed E-state index contributed by atoms with van der Waals surface area (Å²) in [5, 5.41) is 0. The first-order valence-electron chi connectivity index (χ1n) is 7.79. The van der Waals surface area contributed by atoms with Crippen LogP contribution in [0.4, 0.5) is 0 Å². The SMILES string of the molecule is CCOC1(C(=O)Cc2cccc(Br)c2)CCC(C)(C)CC1. The molecule has 0 unspecified atom stereocenters. The summed E-state index contributed by atoms with van der Waals surface area (Å²) in [6.07, 6.45) is 4.26. The molecule has 1 fully saturated rings. The van der Waals surface area contributed by atoms with Crippen molar-refractivity contribution in [2.45, 2.75) is 58.5 Å². The predicted octanol–water partition coefficient (Wildman–Crippen LogP) is 4.94. The summed E-state index contributed by atoms with van der Waals surface area (Å²) in [5.74, 6) is 0.234. The highest BCUT2D eigenvalue weighted by atomic mass is 79.9. The van der Waals surface area contributed by atoms with Gasteiger partial charge in [-0.25, -0.2) is 0 Å². The third-order valence-corrected chi connectivity index (χ3v) is 5.09. The minimum absolute atomic E-state index is 0.234. The molecule has 0 aromatic heterocycles. The van der Waals surface area contributed by atoms with Crippen molar-refractivity contribution in [2.24, 2.45) is 5.41 Å². The number of hydrogen-bond acceptors (Lipinski definition) is 2. The van der Waals surface area contributed by atoms with Gasteiger partial charge in [-0.05, 0) is 55.7 Å². The van der Waals surface area contributed by atoms with E-state index in [9.17, 15) is 4.79 Å². The third-order valence-electron chi connectivity index (χ3n) is 4.59. The Bertz CT molecular complexity index is 498. The smallest absolute Gasteiger partial charge is 0.168 e. The Kier molecular flexibility index (Phi) is 5.26. The maximum atomic E-state index is 12.9. The molecule has 0 saturated heterocycles. The van der Waals surface area contributed by atoms with E-state index in [0.717, 1.165) is 35.7 Å². The quantitative estimate of drug-likeness (QED) is 0.750. The van der Waals surface area contributed by atoms with E-state index >= 15 is 0 Å². The van der Waals surface area contributed by atoms with Crippen LogP contribution in [0.3, 0.4) is 0 Å². The molecule has 1 aromatic rings. The lowest BCUT2D eigenvalue weighted by molar-refractivity contribution is -0.151. The van der Waals surface area contributed by atoms with Gasteiger partial charge in [-0.3, -0.25) is 4.79 Å². The molecule has 0 aliphatic heterocycles. The third kappa shape index (κ3) is 4.17. The van der Waals surface area contributed by atoms with Crippen molar-refractivity contribution in [2.75, 3.05) is 6.61 Å². The Hall–Kier alpha value is -0.670. The van der Waals surface area contributed by atoms with E-state index in [-0.39, 0.29) is 5.78 Å². The molecule has 1 aliphatic carbocycles. The second-order valence-corrected chi connectivity index (χ2v) is 7.74. The molecule has 0 spiro atoms. The normalized spacial score (nSPS) is 20.2. The summed E-state index contributed by atoms with van der Waals surface area (Å²) in [4.78, 5) is 12.9. The molecule has 2 rings (SSSR count). The summed E-state index contributed by atoms with van der Waals surface area (Å²) in [6, 6.07) is 7.98. The molecule has 0 atom stereocenters. The molecule has 1 aromatic carbocycles. The van der Waals surface area contributed by atoms with Crippen molar-refractivity contribution < 1.29 is 9.53 Å². The molecule has 1 aliphatic rings. The Morgan fingerprint density at radius 2 is 1.90 bits per heavy atom. The topological polar surface area (TPSA) is 26.3 Å². The summed E-state index contributed by atoms with van der Waals surface area (Å²) in [5.41, 5.74) is 0.821. The fourth-order valence-electron chi connectivity index (χ4n) is 3.10. The highest BCUT2D eigenvalue weighted by Gasteiger charge is 2.44. The lowest BCUT2D eigenvalue weighted by atomic mass is 9.69. The van der Waals surface area contributed by atoms with E-state index in [1.165, 1.54) is 0 Å². The van der Waals surface area contributed by atoms with Crippen molar-refractivity contribution in [3.8, 4) is 0 Å². The summed E-state index contributed by atoms with van der Waals surface area (Å²) < 4.78 is 6.98. The van der Waals surface area contributed by atoms with Crippen molar-refractivity contribution >= 4 is 21.7 Å². The van der Waals surface area contributed by atoms with Gasteiger partial charge in [0.2, 0.25) is 0 Å². The lowest BCUT2D eigenvalue weighted by Gasteiger charge is -2.42. The van der Waals surface area contributed by atoms with E-state index in [4.69, 9.17) is 4.74 Å². The maximum Gasteiger partial charge on any atom is 0.168 e. The largest absolute Gasteiger partial charge is 0.367 e. The first-order chi connectivity index (χ1) is 9.87. The van der Waals surface area contributed by atoms with E-state index in [2.05, 4.69) is 29.8 Å². The van der Waals surface area contributed by atoms with Gasteiger partial charge in [-0.1, -0.05) is 41.9 Å². The van der Waals surface area contributed by atoms with Crippen molar-refractivity contribution in [3.63, 3.8) is 0 Å². The van der Waals surface area contributed by atoms with Crippen LogP contribution < -0.4 is 0 Å². The molecule has 0 radical (unpaired) electrons. The standard InChI is InChI=1S/C18H25BrO2/c1-4-21-18(10-8-17(2,3)9-11-18)16(20)13-14-6-5-7-15(19)12-14/h5-7,12H,4,8-11,13H2,1-3H3. The van der Waals surface area contributed by atoms with Crippen LogP contribution in [0.5, 0.6) is 0 Å². The van der Waals surface area contributed by atoms with Gasteiger partial charge in [0.1, 0.15) is 5.60 Å². The number of ether oxygens (including phenoxy) is 1. The van der Waals surface area contributed by atoms with E-state index in [1.54, 1.807) is 0 Å². The monoisotopic (exact) mass is 352 g/mol. The number of carbonyl (C=O) groups is 1. The number of rotatable bonds is 5. The minimum atomic E-state index is -0.563. The number of Topliss-reactive ketones (excluding diaryl/α,β-unsaturated/α-hetero) is 1. The molecule has 116 valence electrons. The number of carbonyl (C=O) groups excluding carboxylic acids is 1. The molecule has 1 saturated carbocycles. The number of benzene rings is 1. The second kappa shape index (κ2) is 6.62. The van der Waals surface area contributed by atoms with Gasteiger partial charge < -0.3 is 4.74 Å². The Morgan fingerprint density at radius 3 is 2.48 bits per heavy atom. The molecular formula is C18H25BrO2. The molecule has 2 nitrogen and oxygen atoms in total. The Labute approximate surface area is 136 Å². The van der Waals surface area contributed by atoms with Crippen molar-refractivity contribution in [3.05, 3.63) is 34.3 Å².